The van der Waals surface area contributed by atoms with Crippen molar-refractivity contribution in [2.24, 2.45) is 0 Å². The van der Waals surface area contributed by atoms with Gasteiger partial charge in [-0.2, -0.15) is 0 Å². The standard InChI is InChI=1S/C9H14O6.C6H11NO/c1-6(10)13-4-9(15-8(3)12)5-14-7(2)11;8-6-4-2-1-3-5-7-6/h9H,4-5H2,1-3H3;1-5H2,(H,7,8). The number of ether oxygens (including phenoxy) is 3. The van der Waals surface area contributed by atoms with E-state index in [1.165, 1.54) is 27.2 Å². The molecule has 8 heteroatoms. The van der Waals surface area contributed by atoms with Gasteiger partial charge < -0.3 is 19.5 Å². The number of hydrogen-bond donors (Lipinski definition) is 1. The second-order valence-electron chi connectivity index (χ2n) is 5.00. The highest BCUT2D eigenvalue weighted by atomic mass is 16.6. The smallest absolute Gasteiger partial charge is 0.303 e. The monoisotopic (exact) mass is 331 g/mol. The summed E-state index contributed by atoms with van der Waals surface area (Å²) in [5.41, 5.74) is 0. The average molecular weight is 331 g/mol. The van der Waals surface area contributed by atoms with Gasteiger partial charge in [0.05, 0.1) is 0 Å². The summed E-state index contributed by atoms with van der Waals surface area (Å²) in [6.07, 6.45) is 3.42. The van der Waals surface area contributed by atoms with Crippen LogP contribution in [0.3, 0.4) is 0 Å². The molecule has 1 rings (SSSR count). The molecule has 0 aliphatic carbocycles. The van der Waals surface area contributed by atoms with Crippen LogP contribution in [0.1, 0.15) is 46.5 Å². The van der Waals surface area contributed by atoms with Gasteiger partial charge in [0.15, 0.2) is 6.10 Å². The number of nitrogens with one attached hydrogen (secondary N) is 1. The maximum absolute atomic E-state index is 10.6. The van der Waals surface area contributed by atoms with Crippen molar-refractivity contribution < 1.29 is 33.4 Å². The molecule has 1 aliphatic rings. The molecule has 0 bridgehead atoms. The van der Waals surface area contributed by atoms with Gasteiger partial charge in [-0.15, -0.1) is 0 Å². The Kier molecular flexibility index (Phi) is 11.3. The minimum absolute atomic E-state index is 0.123. The van der Waals surface area contributed by atoms with Crippen molar-refractivity contribution in [1.29, 1.82) is 0 Å². The summed E-state index contributed by atoms with van der Waals surface area (Å²) >= 11 is 0. The summed E-state index contributed by atoms with van der Waals surface area (Å²) < 4.78 is 14.0. The van der Waals surface area contributed by atoms with Gasteiger partial charge in [0.1, 0.15) is 13.2 Å². The molecule has 0 aromatic carbocycles. The lowest BCUT2D eigenvalue weighted by Crippen LogP contribution is -2.29. The molecule has 0 saturated carbocycles. The summed E-state index contributed by atoms with van der Waals surface area (Å²) in [6.45, 7) is 4.32. The molecular weight excluding hydrogens is 306 g/mol. The van der Waals surface area contributed by atoms with E-state index in [1.807, 2.05) is 0 Å². The number of carbonyl (C=O) groups excluding carboxylic acids is 4. The highest BCUT2D eigenvalue weighted by molar-refractivity contribution is 5.75. The van der Waals surface area contributed by atoms with E-state index in [2.05, 4.69) is 14.8 Å². The van der Waals surface area contributed by atoms with E-state index >= 15 is 0 Å². The summed E-state index contributed by atoms with van der Waals surface area (Å²) in [5, 5.41) is 2.81. The molecule has 0 unspecified atom stereocenters. The number of carbonyl (C=O) groups is 4. The third-order valence-corrected chi connectivity index (χ3v) is 2.68. The van der Waals surface area contributed by atoms with E-state index in [9.17, 15) is 19.2 Å². The third kappa shape index (κ3) is 14.6. The van der Waals surface area contributed by atoms with Crippen LogP contribution in [0, 0.1) is 0 Å². The zero-order valence-corrected chi connectivity index (χ0v) is 13.9. The molecule has 1 fully saturated rings. The van der Waals surface area contributed by atoms with Crippen LogP contribution in [0.15, 0.2) is 0 Å². The zero-order chi connectivity index (χ0) is 17.7. The summed E-state index contributed by atoms with van der Waals surface area (Å²) in [5.74, 6) is -1.29. The first kappa shape index (κ1) is 20.9. The van der Waals surface area contributed by atoms with Gasteiger partial charge in [-0.1, -0.05) is 6.42 Å². The number of amides is 1. The highest BCUT2D eigenvalue weighted by Crippen LogP contribution is 2.02. The molecule has 23 heavy (non-hydrogen) atoms. The lowest BCUT2D eigenvalue weighted by molar-refractivity contribution is -0.163. The molecule has 1 N–H and O–H groups in total. The second kappa shape index (κ2) is 12.4. The lowest BCUT2D eigenvalue weighted by atomic mass is 10.2. The molecule has 1 amide bonds. The Balaban J connectivity index is 0.000000502. The van der Waals surface area contributed by atoms with Gasteiger partial charge in [-0.25, -0.2) is 0 Å². The fraction of sp³-hybridized carbons (Fsp3) is 0.733. The van der Waals surface area contributed by atoms with Gasteiger partial charge >= 0.3 is 17.9 Å². The molecule has 1 heterocycles. The van der Waals surface area contributed by atoms with Crippen molar-refractivity contribution in [3.8, 4) is 0 Å². The Labute approximate surface area is 135 Å². The molecule has 0 aromatic rings. The first-order valence-electron chi connectivity index (χ1n) is 7.52. The second-order valence-corrected chi connectivity index (χ2v) is 5.00. The van der Waals surface area contributed by atoms with Crippen molar-refractivity contribution in [1.82, 2.24) is 5.32 Å². The quantitative estimate of drug-likeness (QED) is 0.584. The maximum Gasteiger partial charge on any atom is 0.303 e. The minimum atomic E-state index is -0.754. The van der Waals surface area contributed by atoms with E-state index in [0.29, 0.717) is 0 Å². The zero-order valence-electron chi connectivity index (χ0n) is 13.9. The minimum Gasteiger partial charge on any atom is -0.462 e. The Morgan fingerprint density at radius 1 is 0.957 bits per heavy atom. The van der Waals surface area contributed by atoms with Gasteiger partial charge in [-0.3, -0.25) is 19.2 Å². The van der Waals surface area contributed by atoms with Crippen LogP contribution in [0.4, 0.5) is 0 Å². The van der Waals surface area contributed by atoms with Gasteiger partial charge in [0.25, 0.3) is 0 Å². The SMILES string of the molecule is CC(=O)OCC(COC(C)=O)OC(C)=O.O=C1CCCCCN1. The van der Waals surface area contributed by atoms with E-state index in [1.54, 1.807) is 0 Å². The Morgan fingerprint density at radius 3 is 2.00 bits per heavy atom. The largest absolute Gasteiger partial charge is 0.462 e. The predicted octanol–water partition coefficient (Wildman–Crippen LogP) is 0.721. The maximum atomic E-state index is 10.6. The van der Waals surface area contributed by atoms with Gasteiger partial charge in [0, 0.05) is 33.7 Å². The number of rotatable bonds is 5. The number of esters is 3. The molecule has 1 aliphatic heterocycles. The first-order valence-corrected chi connectivity index (χ1v) is 7.52. The van der Waals surface area contributed by atoms with Crippen molar-refractivity contribution in [3.63, 3.8) is 0 Å². The third-order valence-electron chi connectivity index (χ3n) is 2.68. The fourth-order valence-corrected chi connectivity index (χ4v) is 1.67. The average Bonchev–Trinajstić information content (AvgIpc) is 2.69. The molecule has 1 saturated heterocycles. The molecule has 0 atom stereocenters. The van der Waals surface area contributed by atoms with Crippen molar-refractivity contribution in [2.45, 2.75) is 52.6 Å². The normalized spacial score (nSPS) is 13.8. The van der Waals surface area contributed by atoms with Crippen LogP contribution in [-0.2, 0) is 33.4 Å². The van der Waals surface area contributed by atoms with E-state index in [0.717, 1.165) is 25.8 Å². The summed E-state index contributed by atoms with van der Waals surface area (Å²) in [4.78, 5) is 42.2. The molecule has 8 nitrogen and oxygen atoms in total. The topological polar surface area (TPSA) is 108 Å². The van der Waals surface area contributed by atoms with Gasteiger partial charge in [-0.05, 0) is 12.8 Å². The van der Waals surface area contributed by atoms with E-state index in [-0.39, 0.29) is 19.1 Å². The van der Waals surface area contributed by atoms with Crippen molar-refractivity contribution >= 4 is 23.8 Å². The Bertz CT molecular complexity index is 381. The summed E-state index contributed by atoms with van der Waals surface area (Å²) in [7, 11) is 0. The Morgan fingerprint density at radius 2 is 1.52 bits per heavy atom. The van der Waals surface area contributed by atoms with Gasteiger partial charge in [0.2, 0.25) is 5.91 Å². The van der Waals surface area contributed by atoms with Crippen LogP contribution in [0.5, 0.6) is 0 Å². The van der Waals surface area contributed by atoms with Crippen LogP contribution < -0.4 is 5.32 Å². The van der Waals surface area contributed by atoms with E-state index < -0.39 is 24.0 Å². The summed E-state index contributed by atoms with van der Waals surface area (Å²) in [6, 6.07) is 0. The van der Waals surface area contributed by atoms with Crippen LogP contribution in [0.2, 0.25) is 0 Å². The molecule has 0 aromatic heterocycles. The van der Waals surface area contributed by atoms with Crippen LogP contribution in [0.25, 0.3) is 0 Å². The molecule has 132 valence electrons. The van der Waals surface area contributed by atoms with E-state index in [4.69, 9.17) is 4.74 Å². The molecular formula is C15H25NO7. The van der Waals surface area contributed by atoms with Crippen LogP contribution >= 0.6 is 0 Å². The predicted molar refractivity (Wildman–Crippen MR) is 80.3 cm³/mol. The van der Waals surface area contributed by atoms with Crippen molar-refractivity contribution in [3.05, 3.63) is 0 Å². The van der Waals surface area contributed by atoms with Crippen molar-refractivity contribution in [2.75, 3.05) is 19.8 Å². The molecule has 0 radical (unpaired) electrons. The molecule has 0 spiro atoms. The Hall–Kier alpha value is -2.12. The highest BCUT2D eigenvalue weighted by Gasteiger charge is 2.15. The first-order chi connectivity index (χ1) is 10.8. The fourth-order valence-electron chi connectivity index (χ4n) is 1.67. The van der Waals surface area contributed by atoms with Crippen LogP contribution in [-0.4, -0.2) is 49.7 Å². The lowest BCUT2D eigenvalue weighted by Gasteiger charge is -2.15. The number of hydrogen-bond acceptors (Lipinski definition) is 7.